The summed E-state index contributed by atoms with van der Waals surface area (Å²) < 4.78 is 2.10. The Bertz CT molecular complexity index is 1330. The minimum Gasteiger partial charge on any atom is -0.342 e. The van der Waals surface area contributed by atoms with Gasteiger partial charge < -0.3 is 4.57 Å². The van der Waals surface area contributed by atoms with Crippen molar-refractivity contribution in [3.05, 3.63) is 87.3 Å². The minimum absolute atomic E-state index is 0.178. The van der Waals surface area contributed by atoms with Crippen LogP contribution < -0.4 is 5.43 Å². The van der Waals surface area contributed by atoms with Gasteiger partial charge in [0, 0.05) is 50.6 Å². The number of aryl methyl sites for hydroxylation is 2. The van der Waals surface area contributed by atoms with E-state index < -0.39 is 0 Å². The molecule has 9 heteroatoms. The predicted molar refractivity (Wildman–Crippen MR) is 135 cm³/mol. The van der Waals surface area contributed by atoms with Crippen LogP contribution in [0.4, 0.5) is 0 Å². The zero-order valence-electron chi connectivity index (χ0n) is 18.0. The molecule has 0 aliphatic rings. The van der Waals surface area contributed by atoms with Crippen LogP contribution in [-0.4, -0.2) is 32.4 Å². The number of carbonyl (C=O) groups is 1. The molecule has 6 nitrogen and oxygen atoms in total. The summed E-state index contributed by atoms with van der Waals surface area (Å²) in [5.74, 6) is -0.0486. The van der Waals surface area contributed by atoms with Crippen LogP contribution in [0.15, 0.2) is 65.0 Å². The molecule has 0 atom stereocenters. The van der Waals surface area contributed by atoms with E-state index in [1.54, 1.807) is 12.3 Å². The number of thioether (sulfide) groups is 1. The number of para-hydroxylation sites is 1. The second-order valence-electron chi connectivity index (χ2n) is 7.48. The average Bonchev–Trinajstić information content (AvgIpc) is 3.11. The first-order valence-electron chi connectivity index (χ1n) is 10.2. The molecule has 4 rings (SSSR count). The summed E-state index contributed by atoms with van der Waals surface area (Å²) in [6.45, 7) is 4.39. The molecule has 0 bridgehead atoms. The van der Waals surface area contributed by atoms with E-state index in [0.717, 1.165) is 33.4 Å². The molecular formula is C24H21Cl2N5OS. The summed E-state index contributed by atoms with van der Waals surface area (Å²) in [5.41, 5.74) is 7.22. The number of fused-ring (bicyclic) bond motifs is 1. The van der Waals surface area contributed by atoms with Crippen LogP contribution in [0.2, 0.25) is 10.0 Å². The van der Waals surface area contributed by atoms with Crippen LogP contribution in [0.5, 0.6) is 0 Å². The largest absolute Gasteiger partial charge is 0.342 e. The quantitative estimate of drug-likeness (QED) is 0.155. The molecule has 168 valence electrons. The molecule has 0 fully saturated rings. The highest BCUT2D eigenvalue weighted by Crippen LogP contribution is 2.25. The normalized spacial score (nSPS) is 11.4. The van der Waals surface area contributed by atoms with Crippen molar-refractivity contribution >= 4 is 58.0 Å². The molecule has 4 aromatic rings. The van der Waals surface area contributed by atoms with Crippen molar-refractivity contribution in [1.82, 2.24) is 20.0 Å². The lowest BCUT2D eigenvalue weighted by atomic mass is 10.2. The first kappa shape index (κ1) is 23.3. The highest BCUT2D eigenvalue weighted by Gasteiger charge is 2.10. The van der Waals surface area contributed by atoms with Crippen molar-refractivity contribution in [1.29, 1.82) is 0 Å². The molecule has 0 aliphatic carbocycles. The first-order valence-corrected chi connectivity index (χ1v) is 11.9. The van der Waals surface area contributed by atoms with Gasteiger partial charge in [0.15, 0.2) is 5.16 Å². The van der Waals surface area contributed by atoms with Gasteiger partial charge in [0.25, 0.3) is 5.91 Å². The van der Waals surface area contributed by atoms with E-state index in [9.17, 15) is 4.79 Å². The topological polar surface area (TPSA) is 72.2 Å². The third kappa shape index (κ3) is 5.93. The van der Waals surface area contributed by atoms with Crippen LogP contribution in [0.1, 0.15) is 22.5 Å². The SMILES string of the molecule is Cc1cc(C)nc(SCC(=O)N/N=C\c2cn(Cc3ccc(Cl)cc3Cl)c3ccccc23)n1. The number of hydrogen-bond acceptors (Lipinski definition) is 5. The van der Waals surface area contributed by atoms with Gasteiger partial charge in [0.2, 0.25) is 0 Å². The van der Waals surface area contributed by atoms with E-state index in [-0.39, 0.29) is 11.7 Å². The van der Waals surface area contributed by atoms with Crippen molar-refractivity contribution in [3.8, 4) is 0 Å². The number of carbonyl (C=O) groups excluding carboxylic acids is 1. The van der Waals surface area contributed by atoms with E-state index in [2.05, 4.69) is 25.1 Å². The molecule has 1 amide bonds. The Labute approximate surface area is 206 Å². The summed E-state index contributed by atoms with van der Waals surface area (Å²) in [5, 5.41) is 6.98. The van der Waals surface area contributed by atoms with Gasteiger partial charge in [0.1, 0.15) is 0 Å². The van der Waals surface area contributed by atoms with Gasteiger partial charge in [-0.1, -0.05) is 59.2 Å². The van der Waals surface area contributed by atoms with Gasteiger partial charge >= 0.3 is 0 Å². The summed E-state index contributed by atoms with van der Waals surface area (Å²) in [4.78, 5) is 20.9. The molecule has 0 unspecified atom stereocenters. The molecule has 0 aliphatic heterocycles. The number of nitrogens with zero attached hydrogens (tertiary/aromatic N) is 4. The van der Waals surface area contributed by atoms with Gasteiger partial charge in [-0.2, -0.15) is 5.10 Å². The molecule has 0 radical (unpaired) electrons. The van der Waals surface area contributed by atoms with Crippen molar-refractivity contribution in [3.63, 3.8) is 0 Å². The van der Waals surface area contributed by atoms with Gasteiger partial charge in [-0.25, -0.2) is 15.4 Å². The zero-order valence-corrected chi connectivity index (χ0v) is 20.4. The Kier molecular flexibility index (Phi) is 7.33. The second-order valence-corrected chi connectivity index (χ2v) is 9.27. The van der Waals surface area contributed by atoms with Gasteiger partial charge in [0.05, 0.1) is 12.0 Å². The molecule has 2 aromatic heterocycles. The average molecular weight is 498 g/mol. The third-order valence-corrected chi connectivity index (χ3v) is 6.30. The monoisotopic (exact) mass is 497 g/mol. The summed E-state index contributed by atoms with van der Waals surface area (Å²) in [7, 11) is 0. The molecule has 0 saturated heterocycles. The number of hydrazone groups is 1. The Morgan fingerprint density at radius 2 is 1.88 bits per heavy atom. The molecule has 33 heavy (non-hydrogen) atoms. The molecule has 0 spiro atoms. The third-order valence-electron chi connectivity index (χ3n) is 4.86. The van der Waals surface area contributed by atoms with Crippen LogP contribution in [0.3, 0.4) is 0 Å². The Hall–Kier alpha value is -2.87. The first-order chi connectivity index (χ1) is 15.9. The number of rotatable bonds is 7. The zero-order chi connectivity index (χ0) is 23.4. The van der Waals surface area contributed by atoms with Gasteiger partial charge in [-0.3, -0.25) is 4.79 Å². The molecule has 0 saturated carbocycles. The van der Waals surface area contributed by atoms with Crippen LogP contribution in [0.25, 0.3) is 10.9 Å². The lowest BCUT2D eigenvalue weighted by molar-refractivity contribution is -0.118. The molecule has 2 heterocycles. The fourth-order valence-corrected chi connectivity index (χ4v) is 4.65. The lowest BCUT2D eigenvalue weighted by Crippen LogP contribution is -2.19. The van der Waals surface area contributed by atoms with E-state index in [1.165, 1.54) is 11.8 Å². The van der Waals surface area contributed by atoms with Gasteiger partial charge in [-0.05, 0) is 43.7 Å². The van der Waals surface area contributed by atoms with Crippen molar-refractivity contribution in [2.75, 3.05) is 5.75 Å². The van der Waals surface area contributed by atoms with E-state index in [1.807, 2.05) is 62.5 Å². The highest BCUT2D eigenvalue weighted by atomic mass is 35.5. The maximum Gasteiger partial charge on any atom is 0.250 e. The number of aromatic nitrogens is 3. The van der Waals surface area contributed by atoms with Crippen LogP contribution in [-0.2, 0) is 11.3 Å². The lowest BCUT2D eigenvalue weighted by Gasteiger charge is -2.08. The van der Waals surface area contributed by atoms with E-state index in [0.29, 0.717) is 21.7 Å². The summed E-state index contributed by atoms with van der Waals surface area (Å²) in [6.07, 6.45) is 3.64. The standard InChI is InChI=1S/C24H21Cl2N5OS/c1-15-9-16(2)29-24(28-15)33-14-23(32)30-27-11-18-13-31(22-6-4-3-5-20(18)22)12-17-7-8-19(25)10-21(17)26/h3-11,13H,12,14H2,1-2H3,(H,30,32)/b27-11-. The molecule has 1 N–H and O–H groups in total. The van der Waals surface area contributed by atoms with Crippen molar-refractivity contribution < 1.29 is 4.79 Å². The Balaban J connectivity index is 1.45. The number of nitrogens with one attached hydrogen (secondary N) is 1. The van der Waals surface area contributed by atoms with Crippen molar-refractivity contribution in [2.45, 2.75) is 25.5 Å². The fraction of sp³-hybridized carbons (Fsp3) is 0.167. The minimum atomic E-state index is -0.226. The van der Waals surface area contributed by atoms with Gasteiger partial charge in [-0.15, -0.1) is 0 Å². The smallest absolute Gasteiger partial charge is 0.250 e. The van der Waals surface area contributed by atoms with Crippen LogP contribution >= 0.6 is 35.0 Å². The van der Waals surface area contributed by atoms with E-state index >= 15 is 0 Å². The maximum atomic E-state index is 12.2. The Morgan fingerprint density at radius 3 is 2.64 bits per heavy atom. The fourth-order valence-electron chi connectivity index (χ4n) is 3.44. The van der Waals surface area contributed by atoms with Crippen LogP contribution in [0, 0.1) is 13.8 Å². The molecule has 2 aromatic carbocycles. The van der Waals surface area contributed by atoms with Crippen molar-refractivity contribution in [2.24, 2.45) is 5.10 Å². The predicted octanol–water partition coefficient (Wildman–Crippen LogP) is 5.65. The van der Waals surface area contributed by atoms with E-state index in [4.69, 9.17) is 23.2 Å². The Morgan fingerprint density at radius 1 is 1.12 bits per heavy atom. The number of hydrogen-bond donors (Lipinski definition) is 1. The molecular weight excluding hydrogens is 477 g/mol. The number of benzene rings is 2. The summed E-state index contributed by atoms with van der Waals surface area (Å²) in [6, 6.07) is 15.4. The number of amides is 1. The highest BCUT2D eigenvalue weighted by molar-refractivity contribution is 7.99. The second kappa shape index (κ2) is 10.4. The number of halogens is 2. The summed E-state index contributed by atoms with van der Waals surface area (Å²) >= 11 is 13.7. The maximum absolute atomic E-state index is 12.2.